The van der Waals surface area contributed by atoms with Crippen molar-refractivity contribution in [3.8, 4) is 0 Å². The highest BCUT2D eigenvalue weighted by Crippen LogP contribution is 2.35. The molecule has 6 heteroatoms. The minimum atomic E-state index is -0.420. The highest BCUT2D eigenvalue weighted by Gasteiger charge is 2.31. The number of fused-ring (bicyclic) bond motifs is 1. The van der Waals surface area contributed by atoms with Crippen LogP contribution in [0.4, 0.5) is 10.1 Å². The maximum Gasteiger partial charge on any atom is 0.266 e. The smallest absolute Gasteiger partial charge is 0.266 e. The lowest BCUT2D eigenvalue weighted by molar-refractivity contribution is 0.0768. The van der Waals surface area contributed by atoms with Crippen LogP contribution < -0.4 is 5.73 Å². The molecular weight excluding hydrogens is 291 g/mol. The summed E-state index contributed by atoms with van der Waals surface area (Å²) in [5.74, 6) is -0.374. The van der Waals surface area contributed by atoms with Crippen LogP contribution in [0.3, 0.4) is 0 Å². The van der Waals surface area contributed by atoms with E-state index in [1.165, 1.54) is 23.5 Å². The topological polar surface area (TPSA) is 66.6 Å². The van der Waals surface area contributed by atoms with E-state index in [0.717, 1.165) is 11.1 Å². The Morgan fingerprint density at radius 1 is 1.57 bits per heavy atom. The highest BCUT2D eigenvalue weighted by molar-refractivity contribution is 7.21. The van der Waals surface area contributed by atoms with Crippen LogP contribution in [-0.4, -0.2) is 35.1 Å². The zero-order chi connectivity index (χ0) is 15.1. The number of amides is 1. The van der Waals surface area contributed by atoms with Crippen LogP contribution in [-0.2, 0) is 0 Å². The molecule has 2 unspecified atom stereocenters. The van der Waals surface area contributed by atoms with E-state index in [-0.39, 0.29) is 17.6 Å². The number of halogens is 1. The number of nitrogens with zero attached hydrogens (tertiary/aromatic N) is 1. The van der Waals surface area contributed by atoms with Crippen molar-refractivity contribution in [2.24, 2.45) is 5.92 Å². The first kappa shape index (κ1) is 14.3. The Balaban J connectivity index is 1.90. The molecule has 0 aliphatic carbocycles. The standard InChI is InChI=1S/C15H17FN2O2S/c1-8(19)9-4-5-18(7-9)15(20)14-13(17)11-6-10(16)2-3-12(11)21-14/h2-3,6,8-9,19H,4-5,7,17H2,1H3. The number of aliphatic hydroxyl groups excluding tert-OH is 1. The van der Waals surface area contributed by atoms with E-state index in [9.17, 15) is 14.3 Å². The third-order valence-corrected chi connectivity index (χ3v) is 5.25. The Morgan fingerprint density at radius 2 is 2.33 bits per heavy atom. The number of likely N-dealkylation sites (tertiary alicyclic amines) is 1. The first-order valence-corrected chi connectivity index (χ1v) is 7.74. The predicted octanol–water partition coefficient (Wildman–Crippen LogP) is 2.47. The second kappa shape index (κ2) is 5.27. The van der Waals surface area contributed by atoms with Gasteiger partial charge in [0.15, 0.2) is 0 Å². The third kappa shape index (κ3) is 2.49. The molecule has 2 aromatic rings. The zero-order valence-corrected chi connectivity index (χ0v) is 12.5. The van der Waals surface area contributed by atoms with Gasteiger partial charge >= 0.3 is 0 Å². The quantitative estimate of drug-likeness (QED) is 0.895. The van der Waals surface area contributed by atoms with Crippen molar-refractivity contribution >= 4 is 33.0 Å². The number of carbonyl (C=O) groups is 1. The van der Waals surface area contributed by atoms with Crippen molar-refractivity contribution in [1.29, 1.82) is 0 Å². The van der Waals surface area contributed by atoms with Crippen LogP contribution in [0.15, 0.2) is 18.2 Å². The van der Waals surface area contributed by atoms with E-state index in [2.05, 4.69) is 0 Å². The van der Waals surface area contributed by atoms with Gasteiger partial charge in [0.1, 0.15) is 10.7 Å². The Labute approximate surface area is 126 Å². The van der Waals surface area contributed by atoms with E-state index in [1.807, 2.05) is 0 Å². The molecule has 1 amide bonds. The summed E-state index contributed by atoms with van der Waals surface area (Å²) >= 11 is 1.29. The minimum absolute atomic E-state index is 0.113. The van der Waals surface area contributed by atoms with E-state index in [1.54, 1.807) is 17.9 Å². The van der Waals surface area contributed by atoms with Crippen molar-refractivity contribution in [2.75, 3.05) is 18.8 Å². The van der Waals surface area contributed by atoms with E-state index in [0.29, 0.717) is 29.0 Å². The molecule has 1 aromatic carbocycles. The molecule has 112 valence electrons. The van der Waals surface area contributed by atoms with E-state index >= 15 is 0 Å². The number of carbonyl (C=O) groups excluding carboxylic acids is 1. The summed E-state index contributed by atoms with van der Waals surface area (Å²) in [5, 5.41) is 10.2. The lowest BCUT2D eigenvalue weighted by Gasteiger charge is -2.17. The molecule has 0 bridgehead atoms. The second-order valence-electron chi connectivity index (χ2n) is 5.53. The number of nitrogen functional groups attached to an aromatic ring is 1. The maximum atomic E-state index is 13.3. The summed E-state index contributed by atoms with van der Waals surface area (Å²) in [5.41, 5.74) is 6.36. The van der Waals surface area contributed by atoms with Gasteiger partial charge in [-0.15, -0.1) is 11.3 Å². The Bertz CT molecular complexity index is 698. The second-order valence-corrected chi connectivity index (χ2v) is 6.58. The molecule has 0 saturated carbocycles. The first-order valence-electron chi connectivity index (χ1n) is 6.92. The van der Waals surface area contributed by atoms with Crippen LogP contribution in [0.2, 0.25) is 0 Å². The van der Waals surface area contributed by atoms with Crippen LogP contribution >= 0.6 is 11.3 Å². The predicted molar refractivity (Wildman–Crippen MR) is 81.9 cm³/mol. The third-order valence-electron chi connectivity index (χ3n) is 4.08. The van der Waals surface area contributed by atoms with Crippen LogP contribution in [0, 0.1) is 11.7 Å². The lowest BCUT2D eigenvalue weighted by Crippen LogP contribution is -2.30. The molecular formula is C15H17FN2O2S. The summed E-state index contributed by atoms with van der Waals surface area (Å²) in [4.78, 5) is 14.7. The molecule has 3 rings (SSSR count). The average molecular weight is 308 g/mol. The van der Waals surface area contributed by atoms with Gasteiger partial charge in [-0.25, -0.2) is 4.39 Å². The number of aliphatic hydroxyl groups is 1. The summed E-state index contributed by atoms with van der Waals surface area (Å²) in [6, 6.07) is 4.37. The van der Waals surface area contributed by atoms with Crippen molar-refractivity contribution in [3.05, 3.63) is 28.9 Å². The number of nitrogens with two attached hydrogens (primary N) is 1. The van der Waals surface area contributed by atoms with Gasteiger partial charge in [-0.05, 0) is 31.5 Å². The molecule has 3 N–H and O–H groups in total. The molecule has 1 saturated heterocycles. The molecule has 1 aliphatic rings. The van der Waals surface area contributed by atoms with Crippen LogP contribution in [0.5, 0.6) is 0 Å². The number of rotatable bonds is 2. The Kier molecular flexibility index (Phi) is 3.59. The molecule has 2 atom stereocenters. The lowest BCUT2D eigenvalue weighted by atomic mass is 10.0. The molecule has 0 radical (unpaired) electrons. The van der Waals surface area contributed by atoms with Gasteiger partial charge in [0.2, 0.25) is 0 Å². The number of hydrogen-bond donors (Lipinski definition) is 2. The molecule has 2 heterocycles. The number of benzene rings is 1. The van der Waals surface area contributed by atoms with E-state index < -0.39 is 6.10 Å². The zero-order valence-electron chi connectivity index (χ0n) is 11.7. The minimum Gasteiger partial charge on any atom is -0.397 e. The first-order chi connectivity index (χ1) is 9.97. The fourth-order valence-corrected chi connectivity index (χ4v) is 3.83. The Morgan fingerprint density at radius 3 is 3.00 bits per heavy atom. The molecule has 0 spiro atoms. The molecule has 1 aromatic heterocycles. The number of hydrogen-bond acceptors (Lipinski definition) is 4. The summed E-state index contributed by atoms with van der Waals surface area (Å²) < 4.78 is 14.1. The largest absolute Gasteiger partial charge is 0.397 e. The summed E-state index contributed by atoms with van der Waals surface area (Å²) in [6.07, 6.45) is 0.375. The number of thiophene rings is 1. The SMILES string of the molecule is CC(O)C1CCN(C(=O)c2sc3ccc(F)cc3c2N)C1. The monoisotopic (exact) mass is 308 g/mol. The van der Waals surface area contributed by atoms with Crippen molar-refractivity contribution in [1.82, 2.24) is 4.90 Å². The van der Waals surface area contributed by atoms with Gasteiger partial charge in [-0.2, -0.15) is 0 Å². The fourth-order valence-electron chi connectivity index (χ4n) is 2.76. The molecule has 1 aliphatic heterocycles. The van der Waals surface area contributed by atoms with E-state index in [4.69, 9.17) is 5.73 Å². The van der Waals surface area contributed by atoms with Gasteiger partial charge in [0.05, 0.1) is 11.8 Å². The van der Waals surface area contributed by atoms with Crippen molar-refractivity contribution in [2.45, 2.75) is 19.4 Å². The number of anilines is 1. The normalized spacial score (nSPS) is 20.1. The fraction of sp³-hybridized carbons (Fsp3) is 0.400. The summed E-state index contributed by atoms with van der Waals surface area (Å²) in [6.45, 7) is 2.91. The Hall–Kier alpha value is -1.66. The van der Waals surface area contributed by atoms with Gasteiger partial charge in [0.25, 0.3) is 5.91 Å². The van der Waals surface area contributed by atoms with Crippen LogP contribution in [0.1, 0.15) is 23.0 Å². The van der Waals surface area contributed by atoms with Gasteiger partial charge in [-0.3, -0.25) is 4.79 Å². The van der Waals surface area contributed by atoms with Gasteiger partial charge in [-0.1, -0.05) is 0 Å². The van der Waals surface area contributed by atoms with Crippen molar-refractivity contribution in [3.63, 3.8) is 0 Å². The average Bonchev–Trinajstić information content (AvgIpc) is 3.04. The summed E-state index contributed by atoms with van der Waals surface area (Å²) in [7, 11) is 0. The molecule has 1 fully saturated rings. The maximum absolute atomic E-state index is 13.3. The van der Waals surface area contributed by atoms with Gasteiger partial charge < -0.3 is 15.7 Å². The molecule has 4 nitrogen and oxygen atoms in total. The van der Waals surface area contributed by atoms with Gasteiger partial charge in [0, 0.05) is 29.1 Å². The molecule has 21 heavy (non-hydrogen) atoms. The van der Waals surface area contributed by atoms with Crippen LogP contribution in [0.25, 0.3) is 10.1 Å². The van der Waals surface area contributed by atoms with Crippen molar-refractivity contribution < 1.29 is 14.3 Å². The highest BCUT2D eigenvalue weighted by atomic mass is 32.1.